The van der Waals surface area contributed by atoms with Gasteiger partial charge in [-0.2, -0.15) is 0 Å². The van der Waals surface area contributed by atoms with E-state index < -0.39 is 0 Å². The Labute approximate surface area is 164 Å². The Hall–Kier alpha value is -3.05. The van der Waals surface area contributed by atoms with Gasteiger partial charge in [0.1, 0.15) is 11.3 Å². The highest BCUT2D eigenvalue weighted by atomic mass is 16.5. The molecule has 2 heterocycles. The van der Waals surface area contributed by atoms with Crippen LogP contribution in [-0.4, -0.2) is 45.1 Å². The number of nitrogens with zero attached hydrogens (tertiary/aromatic N) is 1. The van der Waals surface area contributed by atoms with E-state index in [4.69, 9.17) is 9.15 Å². The topological polar surface area (TPSA) is 54.7 Å². The average Bonchev–Trinajstić information content (AvgIpc) is 3.17. The van der Waals surface area contributed by atoms with Crippen molar-refractivity contribution in [3.8, 4) is 16.9 Å². The minimum absolute atomic E-state index is 0.151. The van der Waals surface area contributed by atoms with Gasteiger partial charge in [-0.1, -0.05) is 24.3 Å². The van der Waals surface area contributed by atoms with Gasteiger partial charge in [0.2, 0.25) is 0 Å². The first-order chi connectivity index (χ1) is 13.6. The smallest absolute Gasteiger partial charge is 0.289 e. The second-order valence-electron chi connectivity index (χ2n) is 7.15. The van der Waals surface area contributed by atoms with Crippen LogP contribution in [0.25, 0.3) is 27.7 Å². The predicted molar refractivity (Wildman–Crippen MR) is 112 cm³/mol. The summed E-state index contributed by atoms with van der Waals surface area (Å²) in [5.74, 6) is 0.958. The summed E-state index contributed by atoms with van der Waals surface area (Å²) in [4.78, 5) is 14.0. The first-order valence-electron chi connectivity index (χ1n) is 9.41. The van der Waals surface area contributed by atoms with E-state index in [1.54, 1.807) is 21.2 Å². The first-order valence-corrected chi connectivity index (χ1v) is 9.41. The van der Waals surface area contributed by atoms with Crippen LogP contribution in [0.1, 0.15) is 22.5 Å². The summed E-state index contributed by atoms with van der Waals surface area (Å²) < 4.78 is 11.6. The molecule has 1 N–H and O–H groups in total. The minimum atomic E-state index is -0.151. The first kappa shape index (κ1) is 18.3. The van der Waals surface area contributed by atoms with Gasteiger partial charge in [0.25, 0.3) is 5.91 Å². The summed E-state index contributed by atoms with van der Waals surface area (Å²) >= 11 is 0. The highest BCUT2D eigenvalue weighted by Gasteiger charge is 2.20. The Bertz CT molecular complexity index is 1060. The summed E-state index contributed by atoms with van der Waals surface area (Å²) in [5, 5.41) is 4.34. The molecule has 0 saturated carbocycles. The lowest BCUT2D eigenvalue weighted by Gasteiger charge is -2.16. The van der Waals surface area contributed by atoms with Crippen LogP contribution in [0.4, 0.5) is 0 Å². The van der Waals surface area contributed by atoms with Crippen LogP contribution in [0.3, 0.4) is 0 Å². The summed E-state index contributed by atoms with van der Waals surface area (Å²) in [6.07, 6.45) is 3.28. The summed E-state index contributed by atoms with van der Waals surface area (Å²) in [5.41, 5.74) is 4.95. The van der Waals surface area contributed by atoms with Crippen LogP contribution in [0, 0.1) is 0 Å². The number of hydrogen-bond acceptors (Lipinski definition) is 4. The summed E-state index contributed by atoms with van der Waals surface area (Å²) in [6, 6.07) is 13.9. The molecule has 1 aliphatic rings. The lowest BCUT2D eigenvalue weighted by molar-refractivity contribution is 0.0799. The molecule has 4 rings (SSSR count). The van der Waals surface area contributed by atoms with Crippen molar-refractivity contribution < 1.29 is 13.9 Å². The van der Waals surface area contributed by atoms with Crippen molar-refractivity contribution in [2.75, 3.05) is 34.3 Å². The SMILES string of the molecule is COc1ccccc1-c1cc(C2=CCCNC2)cc2cc(C(=O)N(C)C)oc12. The largest absolute Gasteiger partial charge is 0.496 e. The molecule has 1 amide bonds. The van der Waals surface area contributed by atoms with Crippen LogP contribution in [0.5, 0.6) is 5.75 Å². The van der Waals surface area contributed by atoms with E-state index in [1.165, 1.54) is 10.5 Å². The second-order valence-corrected chi connectivity index (χ2v) is 7.15. The van der Waals surface area contributed by atoms with Gasteiger partial charge >= 0.3 is 0 Å². The van der Waals surface area contributed by atoms with Crippen molar-refractivity contribution >= 4 is 22.4 Å². The monoisotopic (exact) mass is 376 g/mol. The summed E-state index contributed by atoms with van der Waals surface area (Å²) in [7, 11) is 5.11. The standard InChI is InChI=1S/C23H24N2O3/c1-25(2)23(26)21-13-17-11-16(15-7-6-10-24-14-15)12-19(22(17)28-21)18-8-4-5-9-20(18)27-3/h4-5,7-9,11-13,24H,6,10,14H2,1-3H3. The lowest BCUT2D eigenvalue weighted by Crippen LogP contribution is -2.21. The number of carbonyl (C=O) groups excluding carboxylic acids is 1. The molecule has 0 saturated heterocycles. The number of carbonyl (C=O) groups is 1. The van der Waals surface area contributed by atoms with Gasteiger partial charge in [-0.3, -0.25) is 4.79 Å². The molecule has 0 atom stereocenters. The Morgan fingerprint density at radius 3 is 2.68 bits per heavy atom. The van der Waals surface area contributed by atoms with Crippen LogP contribution < -0.4 is 10.1 Å². The van der Waals surface area contributed by atoms with Crippen molar-refractivity contribution in [2.24, 2.45) is 0 Å². The molecule has 5 nitrogen and oxygen atoms in total. The molecule has 0 aliphatic carbocycles. The molecular weight excluding hydrogens is 352 g/mol. The quantitative estimate of drug-likeness (QED) is 0.742. The zero-order chi connectivity index (χ0) is 19.7. The second kappa shape index (κ2) is 7.52. The minimum Gasteiger partial charge on any atom is -0.496 e. The van der Waals surface area contributed by atoms with Gasteiger partial charge in [-0.15, -0.1) is 0 Å². The number of benzene rings is 2. The maximum atomic E-state index is 12.5. The number of rotatable bonds is 4. The number of fused-ring (bicyclic) bond motifs is 1. The number of ether oxygens (including phenoxy) is 1. The van der Waals surface area contributed by atoms with Gasteiger partial charge in [0.05, 0.1) is 7.11 Å². The maximum absolute atomic E-state index is 12.5. The lowest BCUT2D eigenvalue weighted by atomic mass is 9.94. The Morgan fingerprint density at radius 1 is 1.14 bits per heavy atom. The zero-order valence-electron chi connectivity index (χ0n) is 16.4. The van der Waals surface area contributed by atoms with Crippen LogP contribution in [0.2, 0.25) is 0 Å². The van der Waals surface area contributed by atoms with Gasteiger partial charge in [-0.05, 0) is 48.4 Å². The van der Waals surface area contributed by atoms with E-state index in [2.05, 4.69) is 23.5 Å². The van der Waals surface area contributed by atoms with Crippen molar-refractivity contribution in [3.63, 3.8) is 0 Å². The Morgan fingerprint density at radius 2 is 1.96 bits per heavy atom. The molecule has 1 aromatic heterocycles. The van der Waals surface area contributed by atoms with Crippen molar-refractivity contribution in [3.05, 3.63) is 59.9 Å². The summed E-state index contributed by atoms with van der Waals surface area (Å²) in [6.45, 7) is 1.83. The van der Waals surface area contributed by atoms with E-state index in [0.717, 1.165) is 47.3 Å². The molecule has 0 spiro atoms. The molecule has 0 unspecified atom stereocenters. The third kappa shape index (κ3) is 3.29. The molecule has 2 aromatic carbocycles. The maximum Gasteiger partial charge on any atom is 0.289 e. The van der Waals surface area contributed by atoms with Crippen LogP contribution >= 0.6 is 0 Å². The molecule has 0 bridgehead atoms. The van der Waals surface area contributed by atoms with Crippen molar-refractivity contribution in [1.82, 2.24) is 10.2 Å². The molecule has 3 aromatic rings. The number of para-hydroxylation sites is 1. The molecule has 5 heteroatoms. The van der Waals surface area contributed by atoms with E-state index >= 15 is 0 Å². The zero-order valence-corrected chi connectivity index (χ0v) is 16.4. The highest BCUT2D eigenvalue weighted by Crippen LogP contribution is 2.38. The number of hydrogen-bond donors (Lipinski definition) is 1. The Balaban J connectivity index is 1.96. The fraction of sp³-hybridized carbons (Fsp3) is 0.261. The molecule has 28 heavy (non-hydrogen) atoms. The molecular formula is C23H24N2O3. The molecule has 0 fully saturated rings. The molecule has 0 radical (unpaired) electrons. The highest BCUT2D eigenvalue weighted by molar-refractivity contribution is 6.02. The van der Waals surface area contributed by atoms with E-state index in [9.17, 15) is 4.79 Å². The molecule has 144 valence electrons. The van der Waals surface area contributed by atoms with E-state index in [1.807, 2.05) is 30.3 Å². The van der Waals surface area contributed by atoms with Crippen molar-refractivity contribution in [2.45, 2.75) is 6.42 Å². The van der Waals surface area contributed by atoms with Gasteiger partial charge in [0.15, 0.2) is 5.76 Å². The molecule has 1 aliphatic heterocycles. The Kier molecular flexibility index (Phi) is 4.92. The third-order valence-corrected chi connectivity index (χ3v) is 5.03. The van der Waals surface area contributed by atoms with Gasteiger partial charge < -0.3 is 19.4 Å². The van der Waals surface area contributed by atoms with Crippen molar-refractivity contribution in [1.29, 1.82) is 0 Å². The average molecular weight is 376 g/mol. The normalized spacial score (nSPS) is 14.0. The number of nitrogens with one attached hydrogen (secondary N) is 1. The van der Waals surface area contributed by atoms with Crippen LogP contribution in [-0.2, 0) is 0 Å². The van der Waals surface area contributed by atoms with Crippen LogP contribution in [0.15, 0.2) is 53.0 Å². The van der Waals surface area contributed by atoms with E-state index in [-0.39, 0.29) is 5.91 Å². The van der Waals surface area contributed by atoms with Gasteiger partial charge in [0, 0.05) is 37.2 Å². The number of methoxy groups -OCH3 is 1. The fourth-order valence-corrected chi connectivity index (χ4v) is 3.60. The predicted octanol–water partition coefficient (Wildman–Crippen LogP) is 4.19. The third-order valence-electron chi connectivity index (χ3n) is 5.03. The number of amides is 1. The van der Waals surface area contributed by atoms with Gasteiger partial charge in [-0.25, -0.2) is 0 Å². The number of furan rings is 1. The van der Waals surface area contributed by atoms with E-state index in [0.29, 0.717) is 11.3 Å². The fourth-order valence-electron chi connectivity index (χ4n) is 3.60.